The smallest absolute Gasteiger partial charge is 0.136 e. The van der Waals surface area contributed by atoms with Crippen LogP contribution in [0.25, 0.3) is 0 Å². The van der Waals surface area contributed by atoms with Gasteiger partial charge in [-0.3, -0.25) is 4.79 Å². The highest BCUT2D eigenvalue weighted by atomic mass is 16.1. The van der Waals surface area contributed by atoms with Gasteiger partial charge < -0.3 is 9.80 Å². The average Bonchev–Trinajstić information content (AvgIpc) is 2.41. The summed E-state index contributed by atoms with van der Waals surface area (Å²) in [6.07, 6.45) is 1.36. The summed E-state index contributed by atoms with van der Waals surface area (Å²) in [5, 5.41) is 0. The van der Waals surface area contributed by atoms with E-state index in [9.17, 15) is 4.79 Å². The van der Waals surface area contributed by atoms with Crippen LogP contribution in [0.5, 0.6) is 0 Å². The van der Waals surface area contributed by atoms with Gasteiger partial charge in [-0.25, -0.2) is 0 Å². The Morgan fingerprint density at radius 3 is 2.37 bits per heavy atom. The number of hydrogen-bond acceptors (Lipinski definition) is 3. The fourth-order valence-electron chi connectivity index (χ4n) is 2.83. The molecule has 1 saturated heterocycles. The van der Waals surface area contributed by atoms with Crippen LogP contribution in [-0.4, -0.2) is 31.5 Å². The molecule has 1 aromatic rings. The first-order chi connectivity index (χ1) is 9.15. The van der Waals surface area contributed by atoms with Crippen molar-refractivity contribution in [2.45, 2.75) is 39.7 Å². The van der Waals surface area contributed by atoms with Gasteiger partial charge >= 0.3 is 0 Å². The number of anilines is 2. The Hall–Kier alpha value is -1.51. The number of ketones is 1. The van der Waals surface area contributed by atoms with Crippen molar-refractivity contribution < 1.29 is 4.79 Å². The summed E-state index contributed by atoms with van der Waals surface area (Å²) in [5.74, 6) is 0.392. The summed E-state index contributed by atoms with van der Waals surface area (Å²) in [4.78, 5) is 16.1. The maximum Gasteiger partial charge on any atom is 0.136 e. The molecule has 3 nitrogen and oxygen atoms in total. The Balaban J connectivity index is 2.12. The van der Waals surface area contributed by atoms with Crippen LogP contribution >= 0.6 is 0 Å². The Kier molecular flexibility index (Phi) is 4.46. The van der Waals surface area contributed by atoms with E-state index in [0.717, 1.165) is 19.6 Å². The van der Waals surface area contributed by atoms with Crippen LogP contribution in [0.4, 0.5) is 11.4 Å². The third-order valence-electron chi connectivity index (χ3n) is 4.00. The van der Waals surface area contributed by atoms with Gasteiger partial charge in [0.2, 0.25) is 0 Å². The molecule has 104 valence electrons. The lowest BCUT2D eigenvalue weighted by molar-refractivity contribution is -0.120. The zero-order valence-electron chi connectivity index (χ0n) is 12.2. The van der Waals surface area contributed by atoms with Crippen LogP contribution < -0.4 is 9.80 Å². The lowest BCUT2D eigenvalue weighted by atomic mass is 10.0. The molecule has 19 heavy (non-hydrogen) atoms. The minimum absolute atomic E-state index is 0.320. The van der Waals surface area contributed by atoms with Gasteiger partial charge in [0.1, 0.15) is 5.78 Å². The number of piperidine rings is 1. The molecule has 1 fully saturated rings. The number of hydrogen-bond donors (Lipinski definition) is 0. The van der Waals surface area contributed by atoms with E-state index in [2.05, 4.69) is 54.8 Å². The highest BCUT2D eigenvalue weighted by Crippen LogP contribution is 2.25. The van der Waals surface area contributed by atoms with Gasteiger partial charge in [-0.05, 0) is 45.0 Å². The Bertz CT molecular complexity index is 423. The van der Waals surface area contributed by atoms with Gasteiger partial charge in [0.05, 0.1) is 0 Å². The highest BCUT2D eigenvalue weighted by molar-refractivity contribution is 5.81. The van der Waals surface area contributed by atoms with E-state index in [1.54, 1.807) is 0 Å². The largest absolute Gasteiger partial charge is 0.372 e. The van der Waals surface area contributed by atoms with Crippen LogP contribution in [0.3, 0.4) is 0 Å². The van der Waals surface area contributed by atoms with E-state index in [1.165, 1.54) is 11.4 Å². The molecular weight excluding hydrogens is 236 g/mol. The Morgan fingerprint density at radius 1 is 1.21 bits per heavy atom. The first-order valence-corrected chi connectivity index (χ1v) is 7.29. The lowest BCUT2D eigenvalue weighted by Gasteiger charge is -2.35. The average molecular weight is 260 g/mol. The van der Waals surface area contributed by atoms with Crippen molar-refractivity contribution in [1.29, 1.82) is 0 Å². The number of nitrogens with zero attached hydrogens (tertiary/aromatic N) is 2. The summed E-state index contributed by atoms with van der Waals surface area (Å²) in [5.41, 5.74) is 2.50. The van der Waals surface area contributed by atoms with Gasteiger partial charge in [-0.2, -0.15) is 0 Å². The maximum atomic E-state index is 11.4. The molecule has 0 spiro atoms. The number of rotatable bonds is 4. The van der Waals surface area contributed by atoms with E-state index in [4.69, 9.17) is 0 Å². The van der Waals surface area contributed by atoms with Crippen LogP contribution in [0, 0.1) is 0 Å². The van der Waals surface area contributed by atoms with Crippen LogP contribution in [-0.2, 0) is 4.79 Å². The number of benzene rings is 1. The van der Waals surface area contributed by atoms with Gasteiger partial charge in [-0.15, -0.1) is 0 Å². The summed E-state index contributed by atoms with van der Waals surface area (Å²) in [7, 11) is 0. The molecule has 3 heteroatoms. The molecule has 1 atom stereocenters. The van der Waals surface area contributed by atoms with Crippen LogP contribution in [0.2, 0.25) is 0 Å². The summed E-state index contributed by atoms with van der Waals surface area (Å²) >= 11 is 0. The van der Waals surface area contributed by atoms with Crippen molar-refractivity contribution in [3.05, 3.63) is 24.3 Å². The van der Waals surface area contributed by atoms with Gasteiger partial charge in [0, 0.05) is 49.9 Å². The number of carbonyl (C=O) groups excluding carboxylic acids is 1. The molecule has 1 unspecified atom stereocenters. The van der Waals surface area contributed by atoms with E-state index >= 15 is 0 Å². The minimum atomic E-state index is 0.320. The van der Waals surface area contributed by atoms with Gasteiger partial charge in [-0.1, -0.05) is 0 Å². The molecule has 0 aliphatic carbocycles. The second-order valence-electron chi connectivity index (χ2n) is 5.22. The third kappa shape index (κ3) is 3.09. The van der Waals surface area contributed by atoms with Crippen LogP contribution in [0.15, 0.2) is 24.3 Å². The fourth-order valence-corrected chi connectivity index (χ4v) is 2.83. The Labute approximate surface area is 116 Å². The molecular formula is C16H24N2O. The Morgan fingerprint density at radius 2 is 1.84 bits per heavy atom. The summed E-state index contributed by atoms with van der Waals surface area (Å²) in [6.45, 7) is 9.40. The van der Waals surface area contributed by atoms with E-state index < -0.39 is 0 Å². The molecule has 1 aliphatic heterocycles. The maximum absolute atomic E-state index is 11.4. The summed E-state index contributed by atoms with van der Waals surface area (Å²) < 4.78 is 0. The van der Waals surface area contributed by atoms with Crippen molar-refractivity contribution in [3.63, 3.8) is 0 Å². The SMILES string of the molecule is CCN(CC)c1ccc(N2CCC(=O)CC2C)cc1. The normalized spacial score (nSPS) is 19.6. The zero-order valence-corrected chi connectivity index (χ0v) is 12.2. The quantitative estimate of drug-likeness (QED) is 0.831. The van der Waals surface area contributed by atoms with Crippen molar-refractivity contribution in [2.24, 2.45) is 0 Å². The molecule has 0 aromatic heterocycles. The zero-order chi connectivity index (χ0) is 13.8. The van der Waals surface area contributed by atoms with Crippen molar-refractivity contribution >= 4 is 17.2 Å². The van der Waals surface area contributed by atoms with Crippen molar-refractivity contribution in [1.82, 2.24) is 0 Å². The molecule has 1 aromatic carbocycles. The first-order valence-electron chi connectivity index (χ1n) is 7.29. The monoisotopic (exact) mass is 260 g/mol. The lowest BCUT2D eigenvalue weighted by Crippen LogP contribution is -2.41. The topological polar surface area (TPSA) is 23.6 Å². The molecule has 1 heterocycles. The van der Waals surface area contributed by atoms with Crippen molar-refractivity contribution in [2.75, 3.05) is 29.4 Å². The molecule has 0 amide bonds. The predicted octanol–water partition coefficient (Wildman–Crippen LogP) is 3.09. The molecule has 0 radical (unpaired) electrons. The highest BCUT2D eigenvalue weighted by Gasteiger charge is 2.23. The molecule has 1 aliphatic rings. The second-order valence-corrected chi connectivity index (χ2v) is 5.22. The second kappa shape index (κ2) is 6.09. The molecule has 2 rings (SSSR count). The first kappa shape index (κ1) is 13.9. The summed E-state index contributed by atoms with van der Waals surface area (Å²) in [6, 6.07) is 9.05. The van der Waals surface area contributed by atoms with Gasteiger partial charge in [0.15, 0.2) is 0 Å². The van der Waals surface area contributed by atoms with E-state index in [-0.39, 0.29) is 0 Å². The van der Waals surface area contributed by atoms with E-state index in [1.807, 2.05) is 0 Å². The standard InChI is InChI=1S/C16H24N2O/c1-4-17(5-2)14-6-8-15(9-7-14)18-11-10-16(19)12-13(18)3/h6-9,13H,4-5,10-12H2,1-3H3. The third-order valence-corrected chi connectivity index (χ3v) is 4.00. The molecule has 0 bridgehead atoms. The number of carbonyl (C=O) groups is 1. The minimum Gasteiger partial charge on any atom is -0.372 e. The predicted molar refractivity (Wildman–Crippen MR) is 81.1 cm³/mol. The van der Waals surface area contributed by atoms with E-state index in [0.29, 0.717) is 24.7 Å². The van der Waals surface area contributed by atoms with Gasteiger partial charge in [0.25, 0.3) is 0 Å². The van der Waals surface area contributed by atoms with Crippen LogP contribution in [0.1, 0.15) is 33.6 Å². The number of Topliss-reactive ketones (excluding diaryl/α,β-unsaturated/α-hetero) is 1. The van der Waals surface area contributed by atoms with Crippen molar-refractivity contribution in [3.8, 4) is 0 Å². The fraction of sp³-hybridized carbons (Fsp3) is 0.562. The molecule has 0 saturated carbocycles. The molecule has 0 N–H and O–H groups in total.